The smallest absolute Gasteiger partial charge is 0.255 e. The van der Waals surface area contributed by atoms with Crippen molar-refractivity contribution >= 4 is 38.9 Å². The molecule has 150 valence electrons. The number of amides is 1. The van der Waals surface area contributed by atoms with Crippen LogP contribution in [-0.2, 0) is 0 Å². The molecule has 0 bridgehead atoms. The zero-order chi connectivity index (χ0) is 21.4. The number of thiazole rings is 1. The fraction of sp³-hybridized carbons (Fsp3) is 0. The highest BCUT2D eigenvalue weighted by Crippen LogP contribution is 2.28. The Morgan fingerprint density at radius 2 is 1.70 bits per heavy atom. The molecule has 4 nitrogen and oxygen atoms in total. The van der Waals surface area contributed by atoms with Gasteiger partial charge in [0.15, 0.2) is 23.2 Å². The van der Waals surface area contributed by atoms with E-state index >= 15 is 0 Å². The largest absolute Gasteiger partial charge is 0.319 e. The molecule has 1 heterocycles. The summed E-state index contributed by atoms with van der Waals surface area (Å²) in [6.07, 6.45) is 0. The average molecular weight is 430 g/mol. The summed E-state index contributed by atoms with van der Waals surface area (Å²) in [5.41, 5.74) is 0.0151. The molecule has 3 aromatic carbocycles. The number of rotatable bonds is 4. The quantitative estimate of drug-likeness (QED) is 0.270. The summed E-state index contributed by atoms with van der Waals surface area (Å²) < 4.78 is 57.3. The third-order valence-corrected chi connectivity index (χ3v) is 5.10. The molecule has 0 aliphatic rings. The molecular formula is C21H10F4N2O2S. The predicted molar refractivity (Wildman–Crippen MR) is 104 cm³/mol. The van der Waals surface area contributed by atoms with Crippen molar-refractivity contribution in [1.29, 1.82) is 0 Å². The van der Waals surface area contributed by atoms with Crippen LogP contribution in [0.25, 0.3) is 10.2 Å². The molecule has 0 unspecified atom stereocenters. The van der Waals surface area contributed by atoms with E-state index in [9.17, 15) is 27.2 Å². The Hall–Kier alpha value is -3.59. The number of aromatic nitrogens is 1. The van der Waals surface area contributed by atoms with Gasteiger partial charge in [0, 0.05) is 17.2 Å². The Kier molecular flexibility index (Phi) is 5.04. The monoisotopic (exact) mass is 430 g/mol. The molecule has 0 saturated carbocycles. The first kappa shape index (κ1) is 19.7. The van der Waals surface area contributed by atoms with E-state index in [1.807, 2.05) is 5.32 Å². The second-order valence-corrected chi connectivity index (χ2v) is 7.12. The summed E-state index contributed by atoms with van der Waals surface area (Å²) in [6.45, 7) is 0. The third-order valence-electron chi connectivity index (χ3n) is 4.31. The molecule has 30 heavy (non-hydrogen) atoms. The maximum atomic E-state index is 14.9. The first-order valence-corrected chi connectivity index (χ1v) is 9.35. The molecule has 1 N–H and O–H groups in total. The summed E-state index contributed by atoms with van der Waals surface area (Å²) >= 11 is 1.22. The number of hydrogen-bond acceptors (Lipinski definition) is 4. The zero-order valence-corrected chi connectivity index (χ0v) is 15.7. The molecule has 0 aliphatic heterocycles. The number of benzene rings is 3. The van der Waals surface area contributed by atoms with E-state index in [2.05, 4.69) is 4.98 Å². The van der Waals surface area contributed by atoms with Crippen molar-refractivity contribution in [3.05, 3.63) is 94.0 Å². The number of ketones is 1. The summed E-state index contributed by atoms with van der Waals surface area (Å²) in [5.74, 6) is -7.39. The number of carbonyl (C=O) groups is 2. The van der Waals surface area contributed by atoms with Crippen LogP contribution in [0, 0.1) is 23.3 Å². The summed E-state index contributed by atoms with van der Waals surface area (Å²) in [5, 5.41) is 2.05. The Bertz CT molecular complexity index is 1320. The lowest BCUT2D eigenvalue weighted by molar-refractivity contribution is 0.101. The molecule has 0 atom stereocenters. The van der Waals surface area contributed by atoms with Crippen LogP contribution in [0.15, 0.2) is 54.0 Å². The van der Waals surface area contributed by atoms with Gasteiger partial charge in [-0.3, -0.25) is 9.59 Å². The molecule has 0 spiro atoms. The Labute approximate surface area is 170 Å². The second-order valence-electron chi connectivity index (χ2n) is 6.24. The maximum Gasteiger partial charge on any atom is 0.255 e. The summed E-state index contributed by atoms with van der Waals surface area (Å²) in [4.78, 5) is 29.0. The Balaban J connectivity index is 1.74. The normalized spacial score (nSPS) is 10.9. The topological polar surface area (TPSA) is 59.1 Å². The number of anilines is 1. The molecule has 1 amide bonds. The van der Waals surface area contributed by atoms with Crippen LogP contribution in [0.1, 0.15) is 26.3 Å². The van der Waals surface area contributed by atoms with Gasteiger partial charge in [-0.05, 0) is 36.4 Å². The minimum absolute atomic E-state index is 0.0717. The second kappa shape index (κ2) is 7.68. The molecule has 0 radical (unpaired) electrons. The van der Waals surface area contributed by atoms with Crippen LogP contribution in [-0.4, -0.2) is 16.7 Å². The molecule has 9 heteroatoms. The first-order chi connectivity index (χ1) is 14.3. The van der Waals surface area contributed by atoms with Crippen molar-refractivity contribution in [2.45, 2.75) is 0 Å². The van der Waals surface area contributed by atoms with Crippen LogP contribution in [0.3, 0.4) is 0 Å². The van der Waals surface area contributed by atoms with Gasteiger partial charge in [-0.1, -0.05) is 6.07 Å². The Morgan fingerprint density at radius 3 is 2.47 bits per heavy atom. The lowest BCUT2D eigenvalue weighted by atomic mass is 10.0. The van der Waals surface area contributed by atoms with Gasteiger partial charge in [0.1, 0.15) is 5.82 Å². The number of fused-ring (bicyclic) bond motifs is 1. The van der Waals surface area contributed by atoms with E-state index in [4.69, 9.17) is 0 Å². The number of carbonyl (C=O) groups excluding carboxylic acids is 2. The minimum Gasteiger partial charge on any atom is -0.319 e. The van der Waals surface area contributed by atoms with Gasteiger partial charge in [-0.25, -0.2) is 22.5 Å². The molecule has 0 saturated heterocycles. The van der Waals surface area contributed by atoms with Crippen LogP contribution < -0.4 is 5.32 Å². The van der Waals surface area contributed by atoms with Gasteiger partial charge in [-0.15, -0.1) is 11.3 Å². The molecule has 0 aliphatic carbocycles. The predicted octanol–water partition coefficient (Wildman–Crippen LogP) is 5.34. The van der Waals surface area contributed by atoms with Gasteiger partial charge < -0.3 is 5.32 Å². The fourth-order valence-electron chi connectivity index (χ4n) is 2.86. The van der Waals surface area contributed by atoms with Crippen LogP contribution in [0.2, 0.25) is 0 Å². The minimum atomic E-state index is -1.68. The lowest BCUT2D eigenvalue weighted by Crippen LogP contribution is -2.17. The molecule has 1 aromatic heterocycles. The van der Waals surface area contributed by atoms with Crippen molar-refractivity contribution in [3.63, 3.8) is 0 Å². The summed E-state index contributed by atoms with van der Waals surface area (Å²) in [7, 11) is 0. The third kappa shape index (κ3) is 3.55. The highest BCUT2D eigenvalue weighted by Gasteiger charge is 2.26. The molecule has 4 rings (SSSR count). The van der Waals surface area contributed by atoms with E-state index in [-0.39, 0.29) is 11.1 Å². The zero-order valence-electron chi connectivity index (χ0n) is 14.9. The van der Waals surface area contributed by atoms with Crippen molar-refractivity contribution in [2.75, 3.05) is 5.32 Å². The molecular weight excluding hydrogens is 420 g/mol. The van der Waals surface area contributed by atoms with E-state index in [0.717, 1.165) is 12.1 Å². The fourth-order valence-corrected chi connectivity index (χ4v) is 3.58. The van der Waals surface area contributed by atoms with Gasteiger partial charge in [-0.2, -0.15) is 0 Å². The van der Waals surface area contributed by atoms with Gasteiger partial charge >= 0.3 is 0 Å². The van der Waals surface area contributed by atoms with Crippen LogP contribution >= 0.6 is 11.3 Å². The van der Waals surface area contributed by atoms with Gasteiger partial charge in [0.2, 0.25) is 0 Å². The van der Waals surface area contributed by atoms with Crippen LogP contribution in [0.4, 0.5) is 23.2 Å². The first-order valence-electron chi connectivity index (χ1n) is 8.47. The maximum absolute atomic E-state index is 14.9. The van der Waals surface area contributed by atoms with Crippen LogP contribution in [0.5, 0.6) is 0 Å². The van der Waals surface area contributed by atoms with Crippen molar-refractivity contribution in [1.82, 2.24) is 4.98 Å². The number of hydrogen-bond donors (Lipinski definition) is 1. The number of nitrogens with zero attached hydrogens (tertiary/aromatic N) is 1. The molecule has 4 aromatic rings. The highest BCUT2D eigenvalue weighted by atomic mass is 32.1. The van der Waals surface area contributed by atoms with Crippen molar-refractivity contribution < 1.29 is 27.2 Å². The lowest BCUT2D eigenvalue weighted by Gasteiger charge is -2.12. The SMILES string of the molecule is O=C(Nc1cc(F)c(F)c(C(=O)c2ccc3ncsc3c2)c1F)c1cccc(F)c1. The van der Waals surface area contributed by atoms with E-state index < -0.39 is 46.2 Å². The van der Waals surface area contributed by atoms with Gasteiger partial charge in [0.05, 0.1) is 27.0 Å². The van der Waals surface area contributed by atoms with E-state index in [0.29, 0.717) is 16.3 Å². The van der Waals surface area contributed by atoms with E-state index in [1.54, 1.807) is 5.51 Å². The summed E-state index contributed by atoms with van der Waals surface area (Å²) in [6, 6.07) is 9.15. The van der Waals surface area contributed by atoms with E-state index in [1.165, 1.54) is 41.7 Å². The highest BCUT2D eigenvalue weighted by molar-refractivity contribution is 7.16. The van der Waals surface area contributed by atoms with Gasteiger partial charge in [0.25, 0.3) is 5.91 Å². The number of nitrogens with one attached hydrogen (secondary N) is 1. The Morgan fingerprint density at radius 1 is 0.900 bits per heavy atom. The average Bonchev–Trinajstić information content (AvgIpc) is 3.20. The van der Waals surface area contributed by atoms with Crippen molar-refractivity contribution in [2.24, 2.45) is 0 Å². The van der Waals surface area contributed by atoms with Crippen molar-refractivity contribution in [3.8, 4) is 0 Å². The number of halogens is 4. The standard InChI is InChI=1S/C21H10F4N2O2S/c22-12-3-1-2-11(6-12)21(29)27-15-8-13(23)18(24)17(19(15)25)20(28)10-4-5-14-16(7-10)30-9-26-14/h1-9H,(H,27,29). The molecule has 0 fully saturated rings.